The molecule has 4 heterocycles. The lowest BCUT2D eigenvalue weighted by atomic mass is 10.1. The van der Waals surface area contributed by atoms with E-state index in [9.17, 15) is 9.59 Å². The topological polar surface area (TPSA) is 106 Å². The maximum atomic E-state index is 13.7. The summed E-state index contributed by atoms with van der Waals surface area (Å²) >= 11 is 6.46. The number of rotatable bonds is 8. The predicted molar refractivity (Wildman–Crippen MR) is 177 cm³/mol. The van der Waals surface area contributed by atoms with Crippen molar-refractivity contribution in [1.82, 2.24) is 24.1 Å². The summed E-state index contributed by atoms with van der Waals surface area (Å²) in [7, 11) is -1.23. The van der Waals surface area contributed by atoms with Crippen LogP contribution in [0.3, 0.4) is 0 Å². The molecule has 11 nitrogen and oxygen atoms in total. The van der Waals surface area contributed by atoms with Crippen molar-refractivity contribution in [3.05, 3.63) is 53.1 Å². The summed E-state index contributed by atoms with van der Waals surface area (Å²) in [6, 6.07) is 6.51. The SMILES string of the molecule is Cc1cn2cc(NC(=O)c3ccc(N4CCN(C(=O)OC(C)(C)C)CC4)c4cn(COCC[Si](C)(C)C)nc34)cc(Cl)c2n1. The van der Waals surface area contributed by atoms with Gasteiger partial charge in [0.15, 0.2) is 5.65 Å². The molecular weight excluding hydrogens is 598 g/mol. The lowest BCUT2D eigenvalue weighted by Gasteiger charge is -2.37. The second kappa shape index (κ2) is 12.4. The Kier molecular flexibility index (Phi) is 8.97. The molecule has 0 radical (unpaired) electrons. The second-order valence-electron chi connectivity index (χ2n) is 13.5. The molecule has 236 valence electrons. The number of nitrogens with one attached hydrogen (secondary N) is 1. The minimum absolute atomic E-state index is 0.290. The monoisotopic (exact) mass is 639 g/mol. The number of amides is 2. The second-order valence-corrected chi connectivity index (χ2v) is 19.5. The van der Waals surface area contributed by atoms with Crippen molar-refractivity contribution in [2.75, 3.05) is 43.0 Å². The van der Waals surface area contributed by atoms with E-state index in [1.807, 2.05) is 46.2 Å². The van der Waals surface area contributed by atoms with Gasteiger partial charge in [0.2, 0.25) is 0 Å². The number of aryl methyl sites for hydroxylation is 1. The average Bonchev–Trinajstić information content (AvgIpc) is 3.52. The maximum absolute atomic E-state index is 13.7. The van der Waals surface area contributed by atoms with Crippen LogP contribution in [0, 0.1) is 6.92 Å². The standard InChI is InChI=1S/C31H42ClN7O4Si/c1-21-17-38-18-22(16-25(32)28(38)33-21)34-29(40)23-8-9-26(36-10-12-37(13-11-36)30(41)43-31(2,3)4)24-19-39(35-27(23)24)20-42-14-15-44(5,6)7/h8-9,16-19H,10-15,20H2,1-7H3,(H,34,40). The first-order valence-electron chi connectivity index (χ1n) is 14.9. The molecule has 0 aliphatic carbocycles. The summed E-state index contributed by atoms with van der Waals surface area (Å²) in [4.78, 5) is 34.7. The molecular formula is C31H42ClN7O4Si. The molecule has 5 rings (SSSR count). The van der Waals surface area contributed by atoms with Crippen LogP contribution in [0.5, 0.6) is 0 Å². The van der Waals surface area contributed by atoms with Crippen LogP contribution in [-0.4, -0.2) is 82.5 Å². The number of hydrogen-bond acceptors (Lipinski definition) is 7. The summed E-state index contributed by atoms with van der Waals surface area (Å²) in [5.41, 5.74) is 3.44. The van der Waals surface area contributed by atoms with Crippen LogP contribution >= 0.6 is 11.6 Å². The number of anilines is 2. The fourth-order valence-corrected chi connectivity index (χ4v) is 6.12. The van der Waals surface area contributed by atoms with Crippen molar-refractivity contribution >= 4 is 59.6 Å². The van der Waals surface area contributed by atoms with Crippen molar-refractivity contribution in [3.8, 4) is 0 Å². The number of nitrogens with zero attached hydrogens (tertiary/aromatic N) is 6. The van der Waals surface area contributed by atoms with Gasteiger partial charge in [-0.15, -0.1) is 0 Å². The van der Waals surface area contributed by atoms with Gasteiger partial charge in [-0.05, 0) is 51.9 Å². The van der Waals surface area contributed by atoms with E-state index in [0.717, 1.165) is 22.8 Å². The summed E-state index contributed by atoms with van der Waals surface area (Å²) < 4.78 is 15.1. The first-order chi connectivity index (χ1) is 20.7. The van der Waals surface area contributed by atoms with E-state index in [1.54, 1.807) is 32.3 Å². The van der Waals surface area contributed by atoms with Gasteiger partial charge >= 0.3 is 6.09 Å². The van der Waals surface area contributed by atoms with Crippen LogP contribution in [-0.2, 0) is 16.2 Å². The highest BCUT2D eigenvalue weighted by Gasteiger charge is 2.28. The van der Waals surface area contributed by atoms with E-state index in [0.29, 0.717) is 67.0 Å². The Morgan fingerprint density at radius 3 is 2.48 bits per heavy atom. The van der Waals surface area contributed by atoms with Crippen molar-refractivity contribution in [2.45, 2.75) is 65.7 Å². The summed E-state index contributed by atoms with van der Waals surface area (Å²) in [5.74, 6) is -0.298. The zero-order valence-corrected chi connectivity index (χ0v) is 28.4. The number of piperazine rings is 1. The Morgan fingerprint density at radius 1 is 1.07 bits per heavy atom. The smallest absolute Gasteiger partial charge is 0.410 e. The highest BCUT2D eigenvalue weighted by atomic mass is 35.5. The van der Waals surface area contributed by atoms with Gasteiger partial charge in [-0.3, -0.25) is 4.79 Å². The van der Waals surface area contributed by atoms with Crippen LogP contribution in [0.1, 0.15) is 36.8 Å². The van der Waals surface area contributed by atoms with Gasteiger partial charge in [0, 0.05) is 70.5 Å². The van der Waals surface area contributed by atoms with Crippen molar-refractivity contribution < 1.29 is 19.1 Å². The Balaban J connectivity index is 1.40. The third kappa shape index (κ3) is 7.53. The van der Waals surface area contributed by atoms with Gasteiger partial charge < -0.3 is 29.0 Å². The molecule has 0 bridgehead atoms. The number of carbonyl (C=O) groups excluding carboxylic acids is 2. The number of halogens is 1. The zero-order chi connectivity index (χ0) is 31.8. The minimum Gasteiger partial charge on any atom is -0.444 e. The van der Waals surface area contributed by atoms with E-state index < -0.39 is 13.7 Å². The summed E-state index contributed by atoms with van der Waals surface area (Å²) in [5, 5.41) is 9.09. The van der Waals surface area contributed by atoms with Gasteiger partial charge in [-0.1, -0.05) is 31.2 Å². The average molecular weight is 640 g/mol. The molecule has 1 aliphatic heterocycles. The van der Waals surface area contributed by atoms with E-state index in [1.165, 1.54) is 0 Å². The van der Waals surface area contributed by atoms with E-state index in [2.05, 4.69) is 34.8 Å². The third-order valence-corrected chi connectivity index (χ3v) is 9.30. The van der Waals surface area contributed by atoms with Crippen LogP contribution in [0.2, 0.25) is 30.7 Å². The molecule has 13 heteroatoms. The van der Waals surface area contributed by atoms with Crippen LogP contribution in [0.4, 0.5) is 16.2 Å². The highest BCUT2D eigenvalue weighted by molar-refractivity contribution is 6.76. The fraction of sp³-hybridized carbons (Fsp3) is 0.484. The first-order valence-corrected chi connectivity index (χ1v) is 19.0. The van der Waals surface area contributed by atoms with Gasteiger partial charge in [-0.25, -0.2) is 14.5 Å². The van der Waals surface area contributed by atoms with Gasteiger partial charge in [-0.2, -0.15) is 5.10 Å². The highest BCUT2D eigenvalue weighted by Crippen LogP contribution is 2.31. The summed E-state index contributed by atoms with van der Waals surface area (Å²) in [6.07, 6.45) is 5.28. The molecule has 1 fully saturated rings. The molecule has 1 aromatic carbocycles. The van der Waals surface area contributed by atoms with E-state index >= 15 is 0 Å². The van der Waals surface area contributed by atoms with Crippen LogP contribution in [0.25, 0.3) is 16.6 Å². The molecule has 3 aromatic heterocycles. The number of ether oxygens (including phenoxy) is 2. The van der Waals surface area contributed by atoms with Crippen molar-refractivity contribution in [1.29, 1.82) is 0 Å². The normalized spacial score (nSPS) is 14.5. The number of benzene rings is 1. The van der Waals surface area contributed by atoms with E-state index in [-0.39, 0.29) is 12.0 Å². The molecule has 1 aliphatic rings. The summed E-state index contributed by atoms with van der Waals surface area (Å²) in [6.45, 7) is 17.7. The third-order valence-electron chi connectivity index (χ3n) is 7.32. The number of fused-ring (bicyclic) bond motifs is 2. The molecule has 4 aromatic rings. The molecule has 0 saturated carbocycles. The Hall–Kier alpha value is -3.61. The van der Waals surface area contributed by atoms with Gasteiger partial charge in [0.1, 0.15) is 17.8 Å². The molecule has 2 amide bonds. The molecule has 1 saturated heterocycles. The maximum Gasteiger partial charge on any atom is 0.410 e. The number of pyridine rings is 1. The first kappa shape index (κ1) is 31.8. The number of carbonyl (C=O) groups is 2. The molecule has 1 N–H and O–H groups in total. The van der Waals surface area contributed by atoms with Crippen molar-refractivity contribution in [3.63, 3.8) is 0 Å². The van der Waals surface area contributed by atoms with Crippen molar-refractivity contribution in [2.24, 2.45) is 0 Å². The number of aromatic nitrogens is 4. The lowest BCUT2D eigenvalue weighted by Crippen LogP contribution is -2.50. The van der Waals surface area contributed by atoms with E-state index in [4.69, 9.17) is 26.2 Å². The molecule has 0 spiro atoms. The Morgan fingerprint density at radius 2 is 1.80 bits per heavy atom. The molecule has 0 unspecified atom stereocenters. The zero-order valence-electron chi connectivity index (χ0n) is 26.6. The number of hydrogen-bond donors (Lipinski definition) is 1. The molecule has 44 heavy (non-hydrogen) atoms. The predicted octanol–water partition coefficient (Wildman–Crippen LogP) is 6.27. The Labute approximate surface area is 264 Å². The molecule has 0 atom stereocenters. The van der Waals surface area contributed by atoms with Gasteiger partial charge in [0.25, 0.3) is 5.91 Å². The fourth-order valence-electron chi connectivity index (χ4n) is 5.10. The largest absolute Gasteiger partial charge is 0.444 e. The quantitative estimate of drug-likeness (QED) is 0.179. The Bertz CT molecular complexity index is 1680. The minimum atomic E-state index is -1.23. The number of imidazole rings is 1. The van der Waals surface area contributed by atoms with Crippen LogP contribution in [0.15, 0.2) is 36.8 Å². The lowest BCUT2D eigenvalue weighted by molar-refractivity contribution is 0.0240. The van der Waals surface area contributed by atoms with Gasteiger partial charge in [0.05, 0.1) is 22.0 Å². The van der Waals surface area contributed by atoms with Crippen LogP contribution < -0.4 is 10.2 Å².